The molecule has 0 bridgehead atoms. The van der Waals surface area contributed by atoms with Crippen molar-refractivity contribution in [1.82, 2.24) is 0 Å². The topological polar surface area (TPSA) is 29.1 Å². The molecule has 0 saturated carbocycles. The average molecular weight is 305 g/mol. The molecule has 3 aromatic rings. The van der Waals surface area contributed by atoms with E-state index in [-0.39, 0.29) is 11.6 Å². The van der Waals surface area contributed by atoms with Crippen molar-refractivity contribution in [2.24, 2.45) is 0 Å². The number of hydrogen-bond donors (Lipinski definition) is 1. The van der Waals surface area contributed by atoms with Crippen molar-refractivity contribution < 1.29 is 9.18 Å². The molecule has 0 unspecified atom stereocenters. The first-order chi connectivity index (χ1) is 11.3. The van der Waals surface area contributed by atoms with Gasteiger partial charge in [0.2, 0.25) is 5.91 Å². The number of para-hydroxylation sites is 1. The third-order valence-corrected chi connectivity index (χ3v) is 3.66. The predicted octanol–water partition coefficient (Wildman–Crippen LogP) is 4.60. The van der Waals surface area contributed by atoms with Crippen LogP contribution in [-0.4, -0.2) is 5.91 Å². The van der Waals surface area contributed by atoms with E-state index >= 15 is 0 Å². The minimum atomic E-state index is -0.489. The Balaban J connectivity index is 1.96. The quantitative estimate of drug-likeness (QED) is 0.750. The van der Waals surface area contributed by atoms with Gasteiger partial charge in [-0.1, -0.05) is 72.8 Å². The summed E-state index contributed by atoms with van der Waals surface area (Å²) in [5, 5.41) is 2.69. The second-order valence-electron chi connectivity index (χ2n) is 5.22. The SMILES string of the molecule is O=C(Nc1ccccc1F)C(c1ccccc1)c1ccccc1. The third-order valence-electron chi connectivity index (χ3n) is 3.66. The fraction of sp³-hybridized carbons (Fsp3) is 0.0500. The van der Waals surface area contributed by atoms with E-state index < -0.39 is 11.7 Å². The van der Waals surface area contributed by atoms with Crippen molar-refractivity contribution in [1.29, 1.82) is 0 Å². The van der Waals surface area contributed by atoms with Gasteiger partial charge in [0.15, 0.2) is 0 Å². The molecule has 3 rings (SSSR count). The third kappa shape index (κ3) is 3.46. The van der Waals surface area contributed by atoms with Gasteiger partial charge in [0.25, 0.3) is 0 Å². The molecule has 1 N–H and O–H groups in total. The van der Waals surface area contributed by atoms with Gasteiger partial charge in [-0.3, -0.25) is 4.79 Å². The summed E-state index contributed by atoms with van der Waals surface area (Å²) in [6.45, 7) is 0. The van der Waals surface area contributed by atoms with Crippen LogP contribution < -0.4 is 5.32 Å². The van der Waals surface area contributed by atoms with E-state index in [9.17, 15) is 9.18 Å². The van der Waals surface area contributed by atoms with Gasteiger partial charge in [0.1, 0.15) is 5.82 Å². The van der Waals surface area contributed by atoms with Crippen LogP contribution in [0, 0.1) is 5.82 Å². The van der Waals surface area contributed by atoms with Crippen molar-refractivity contribution >= 4 is 11.6 Å². The molecule has 3 aromatic carbocycles. The van der Waals surface area contributed by atoms with E-state index in [4.69, 9.17) is 0 Å². The zero-order valence-corrected chi connectivity index (χ0v) is 12.4. The molecule has 0 spiro atoms. The van der Waals surface area contributed by atoms with Crippen molar-refractivity contribution in [2.75, 3.05) is 5.32 Å². The van der Waals surface area contributed by atoms with Gasteiger partial charge in [-0.15, -0.1) is 0 Å². The Bertz CT molecular complexity index is 748. The maximum Gasteiger partial charge on any atom is 0.236 e. The molecule has 0 saturated heterocycles. The zero-order chi connectivity index (χ0) is 16.1. The summed E-state index contributed by atoms with van der Waals surface area (Å²) in [4.78, 5) is 12.8. The highest BCUT2D eigenvalue weighted by atomic mass is 19.1. The van der Waals surface area contributed by atoms with Crippen LogP contribution in [0.15, 0.2) is 84.9 Å². The van der Waals surface area contributed by atoms with E-state index in [1.165, 1.54) is 6.07 Å². The lowest BCUT2D eigenvalue weighted by atomic mass is 9.90. The minimum absolute atomic E-state index is 0.189. The summed E-state index contributed by atoms with van der Waals surface area (Å²) in [7, 11) is 0. The molecule has 3 heteroatoms. The molecule has 0 aliphatic rings. The Hall–Kier alpha value is -2.94. The molecule has 23 heavy (non-hydrogen) atoms. The fourth-order valence-electron chi connectivity index (χ4n) is 2.55. The van der Waals surface area contributed by atoms with Crippen LogP contribution in [0.3, 0.4) is 0 Å². The summed E-state index contributed by atoms with van der Waals surface area (Å²) in [6, 6.07) is 25.1. The summed E-state index contributed by atoms with van der Waals surface area (Å²) in [5.41, 5.74) is 1.93. The first kappa shape index (κ1) is 15.0. The first-order valence-electron chi connectivity index (χ1n) is 7.41. The summed E-state index contributed by atoms with van der Waals surface area (Å²) >= 11 is 0. The molecule has 114 valence electrons. The van der Waals surface area contributed by atoms with Crippen molar-refractivity contribution in [2.45, 2.75) is 5.92 Å². The second kappa shape index (κ2) is 6.88. The van der Waals surface area contributed by atoms with Crippen molar-refractivity contribution in [3.63, 3.8) is 0 Å². The molecular formula is C20H16FNO. The maximum atomic E-state index is 13.8. The van der Waals surface area contributed by atoms with Crippen LogP contribution in [0.5, 0.6) is 0 Å². The largest absolute Gasteiger partial charge is 0.323 e. The van der Waals surface area contributed by atoms with E-state index in [1.807, 2.05) is 60.7 Å². The molecule has 0 atom stereocenters. The van der Waals surface area contributed by atoms with Gasteiger partial charge in [0, 0.05) is 0 Å². The number of benzene rings is 3. The van der Waals surface area contributed by atoms with Gasteiger partial charge in [0.05, 0.1) is 11.6 Å². The Morgan fingerprint density at radius 2 is 1.22 bits per heavy atom. The van der Waals surface area contributed by atoms with Crippen LogP contribution in [-0.2, 0) is 4.79 Å². The van der Waals surface area contributed by atoms with Crippen LogP contribution in [0.1, 0.15) is 17.0 Å². The second-order valence-corrected chi connectivity index (χ2v) is 5.22. The van der Waals surface area contributed by atoms with Gasteiger partial charge < -0.3 is 5.32 Å². The Kier molecular flexibility index (Phi) is 4.48. The molecule has 1 amide bonds. The fourth-order valence-corrected chi connectivity index (χ4v) is 2.55. The molecule has 0 heterocycles. The number of halogens is 1. The number of carbonyl (C=O) groups excluding carboxylic acids is 1. The Morgan fingerprint density at radius 1 is 0.739 bits per heavy atom. The molecule has 2 nitrogen and oxygen atoms in total. The number of carbonyl (C=O) groups is 1. The van der Waals surface area contributed by atoms with Gasteiger partial charge in [-0.2, -0.15) is 0 Å². The maximum absolute atomic E-state index is 13.8. The smallest absolute Gasteiger partial charge is 0.236 e. The number of nitrogens with one attached hydrogen (secondary N) is 1. The molecular weight excluding hydrogens is 289 g/mol. The van der Waals surface area contributed by atoms with Gasteiger partial charge in [-0.25, -0.2) is 4.39 Å². The minimum Gasteiger partial charge on any atom is -0.323 e. The van der Waals surface area contributed by atoms with Crippen LogP contribution in [0.25, 0.3) is 0 Å². The van der Waals surface area contributed by atoms with E-state index in [0.29, 0.717) is 0 Å². The van der Waals surface area contributed by atoms with Crippen LogP contribution >= 0.6 is 0 Å². The lowest BCUT2D eigenvalue weighted by Gasteiger charge is -2.18. The molecule has 0 aliphatic heterocycles. The summed E-state index contributed by atoms with van der Waals surface area (Å²) < 4.78 is 13.8. The highest BCUT2D eigenvalue weighted by Gasteiger charge is 2.23. The molecule has 0 aromatic heterocycles. The van der Waals surface area contributed by atoms with E-state index in [0.717, 1.165) is 11.1 Å². The van der Waals surface area contributed by atoms with Crippen molar-refractivity contribution in [3.05, 3.63) is 102 Å². The van der Waals surface area contributed by atoms with E-state index in [2.05, 4.69) is 5.32 Å². The van der Waals surface area contributed by atoms with E-state index in [1.54, 1.807) is 18.2 Å². The number of anilines is 1. The number of amides is 1. The standard InChI is InChI=1S/C20H16FNO/c21-17-13-7-8-14-18(17)22-20(23)19(15-9-3-1-4-10-15)16-11-5-2-6-12-16/h1-14,19H,(H,22,23). The van der Waals surface area contributed by atoms with Crippen molar-refractivity contribution in [3.8, 4) is 0 Å². The Labute approximate surface area is 134 Å². The molecule has 0 fully saturated rings. The molecule has 0 radical (unpaired) electrons. The van der Waals surface area contributed by atoms with Gasteiger partial charge >= 0.3 is 0 Å². The predicted molar refractivity (Wildman–Crippen MR) is 89.8 cm³/mol. The number of rotatable bonds is 4. The summed E-state index contributed by atoms with van der Waals surface area (Å²) in [5.74, 6) is -1.19. The zero-order valence-electron chi connectivity index (χ0n) is 12.4. The van der Waals surface area contributed by atoms with Gasteiger partial charge in [-0.05, 0) is 23.3 Å². The molecule has 0 aliphatic carbocycles. The number of hydrogen-bond acceptors (Lipinski definition) is 1. The Morgan fingerprint density at radius 3 is 1.74 bits per heavy atom. The first-order valence-corrected chi connectivity index (χ1v) is 7.41. The normalized spacial score (nSPS) is 10.5. The average Bonchev–Trinajstić information content (AvgIpc) is 2.59. The van der Waals surface area contributed by atoms with Crippen LogP contribution in [0.4, 0.5) is 10.1 Å². The lowest BCUT2D eigenvalue weighted by Crippen LogP contribution is -2.22. The highest BCUT2D eigenvalue weighted by Crippen LogP contribution is 2.26. The highest BCUT2D eigenvalue weighted by molar-refractivity contribution is 5.98. The lowest BCUT2D eigenvalue weighted by molar-refractivity contribution is -0.116. The summed E-state index contributed by atoms with van der Waals surface area (Å²) in [6.07, 6.45) is 0. The van der Waals surface area contributed by atoms with Crippen LogP contribution in [0.2, 0.25) is 0 Å². The monoisotopic (exact) mass is 305 g/mol.